The summed E-state index contributed by atoms with van der Waals surface area (Å²) in [6, 6.07) is 0. The second kappa shape index (κ2) is 7.34. The van der Waals surface area contributed by atoms with Crippen molar-refractivity contribution in [1.82, 2.24) is 15.0 Å². The van der Waals surface area contributed by atoms with Gasteiger partial charge < -0.3 is 10.5 Å². The van der Waals surface area contributed by atoms with Gasteiger partial charge in [-0.1, -0.05) is 12.1 Å². The third-order valence-corrected chi connectivity index (χ3v) is 4.46. The van der Waals surface area contributed by atoms with Crippen LogP contribution in [0.15, 0.2) is 0 Å². The first-order valence-electron chi connectivity index (χ1n) is 6.45. The van der Waals surface area contributed by atoms with Gasteiger partial charge in [0.15, 0.2) is 15.5 Å². The Balaban J connectivity index is 2.84. The van der Waals surface area contributed by atoms with Crippen LogP contribution in [0.1, 0.15) is 36.5 Å². The molecule has 8 nitrogen and oxygen atoms in total. The molecule has 114 valence electrons. The van der Waals surface area contributed by atoms with Gasteiger partial charge >= 0.3 is 5.97 Å². The van der Waals surface area contributed by atoms with Crippen LogP contribution in [-0.4, -0.2) is 47.5 Å². The smallest absolute Gasteiger partial charge is 0.360 e. The monoisotopic (exact) mass is 304 g/mol. The maximum atomic E-state index is 11.7. The van der Waals surface area contributed by atoms with Crippen molar-refractivity contribution in [2.75, 3.05) is 18.1 Å². The number of carbonyl (C=O) groups is 1. The number of hydrogen-bond acceptors (Lipinski definition) is 7. The lowest BCUT2D eigenvalue weighted by molar-refractivity contribution is 0.0518. The van der Waals surface area contributed by atoms with E-state index in [0.29, 0.717) is 12.1 Å². The van der Waals surface area contributed by atoms with Crippen LogP contribution in [0, 0.1) is 0 Å². The lowest BCUT2D eigenvalue weighted by Crippen LogP contribution is -2.20. The minimum Gasteiger partial charge on any atom is -0.461 e. The van der Waals surface area contributed by atoms with Gasteiger partial charge in [-0.05, 0) is 13.3 Å². The van der Waals surface area contributed by atoms with Crippen molar-refractivity contribution >= 4 is 15.8 Å². The second-order valence-corrected chi connectivity index (χ2v) is 6.49. The summed E-state index contributed by atoms with van der Waals surface area (Å²) in [5, 5.41) is 7.49. The van der Waals surface area contributed by atoms with Gasteiger partial charge in [-0.3, -0.25) is 0 Å². The lowest BCUT2D eigenvalue weighted by Gasteiger charge is -2.06. The van der Waals surface area contributed by atoms with E-state index in [1.807, 2.05) is 0 Å². The lowest BCUT2D eigenvalue weighted by atomic mass is 10.3. The predicted molar refractivity (Wildman–Crippen MR) is 72.8 cm³/mol. The van der Waals surface area contributed by atoms with Crippen LogP contribution >= 0.6 is 0 Å². The summed E-state index contributed by atoms with van der Waals surface area (Å²) in [5.74, 6) is -0.528. The molecule has 0 amide bonds. The number of hydrogen-bond donors (Lipinski definition) is 1. The second-order valence-electron chi connectivity index (χ2n) is 4.18. The maximum absolute atomic E-state index is 11.7. The molecule has 0 aliphatic heterocycles. The number of esters is 1. The van der Waals surface area contributed by atoms with E-state index in [1.165, 1.54) is 4.68 Å². The molecule has 1 heterocycles. The van der Waals surface area contributed by atoms with Gasteiger partial charge in [-0.15, -0.1) is 5.10 Å². The van der Waals surface area contributed by atoms with Crippen LogP contribution < -0.4 is 5.73 Å². The maximum Gasteiger partial charge on any atom is 0.360 e. The van der Waals surface area contributed by atoms with Crippen molar-refractivity contribution in [3.05, 3.63) is 11.4 Å². The molecule has 0 aliphatic carbocycles. The zero-order valence-corrected chi connectivity index (χ0v) is 12.5. The van der Waals surface area contributed by atoms with E-state index >= 15 is 0 Å². The molecule has 1 aromatic rings. The number of nitrogens with two attached hydrogens (primary N) is 1. The number of rotatable bonds is 8. The van der Waals surface area contributed by atoms with Gasteiger partial charge in [0.25, 0.3) is 0 Å². The molecule has 0 saturated carbocycles. The summed E-state index contributed by atoms with van der Waals surface area (Å²) in [7, 11) is -3.12. The Labute approximate surface area is 118 Å². The highest BCUT2D eigenvalue weighted by Crippen LogP contribution is 2.07. The highest BCUT2D eigenvalue weighted by Gasteiger charge is 2.20. The van der Waals surface area contributed by atoms with Gasteiger partial charge in [0.1, 0.15) is 0 Å². The average Bonchev–Trinajstić information content (AvgIpc) is 2.79. The van der Waals surface area contributed by atoms with Crippen LogP contribution in [-0.2, 0) is 27.7 Å². The fourth-order valence-electron chi connectivity index (χ4n) is 1.71. The summed E-state index contributed by atoms with van der Waals surface area (Å²) in [6.45, 7) is 3.87. The summed E-state index contributed by atoms with van der Waals surface area (Å²) in [6.07, 6.45) is 0.567. The van der Waals surface area contributed by atoms with E-state index in [1.54, 1.807) is 13.8 Å². The molecule has 0 aliphatic rings. The van der Waals surface area contributed by atoms with E-state index < -0.39 is 15.8 Å². The van der Waals surface area contributed by atoms with Crippen molar-refractivity contribution in [2.45, 2.75) is 33.4 Å². The molecular formula is C11H20N4O4S. The third kappa shape index (κ3) is 4.27. The number of nitrogens with zero attached hydrogens (tertiary/aromatic N) is 3. The zero-order chi connectivity index (χ0) is 15.2. The van der Waals surface area contributed by atoms with E-state index in [-0.39, 0.29) is 36.9 Å². The Hall–Kier alpha value is -1.48. The predicted octanol–water partition coefficient (Wildman–Crippen LogP) is -0.262. The molecular weight excluding hydrogens is 284 g/mol. The summed E-state index contributed by atoms with van der Waals surface area (Å²) < 4.78 is 29.5. The van der Waals surface area contributed by atoms with Crippen molar-refractivity contribution < 1.29 is 17.9 Å². The summed E-state index contributed by atoms with van der Waals surface area (Å²) in [5.41, 5.74) is 6.00. The van der Waals surface area contributed by atoms with Gasteiger partial charge in [-0.2, -0.15) is 0 Å². The van der Waals surface area contributed by atoms with Gasteiger partial charge in [0.2, 0.25) is 0 Å². The number of sulfone groups is 1. The first-order valence-corrected chi connectivity index (χ1v) is 8.27. The summed E-state index contributed by atoms with van der Waals surface area (Å²) in [4.78, 5) is 11.6. The highest BCUT2D eigenvalue weighted by atomic mass is 32.2. The van der Waals surface area contributed by atoms with E-state index in [2.05, 4.69) is 10.3 Å². The fraction of sp³-hybridized carbons (Fsp3) is 0.727. The fourth-order valence-corrected chi connectivity index (χ4v) is 2.99. The Morgan fingerprint density at radius 2 is 2.05 bits per heavy atom. The molecule has 20 heavy (non-hydrogen) atoms. The minimum atomic E-state index is -3.12. The van der Waals surface area contributed by atoms with Crippen LogP contribution in [0.2, 0.25) is 0 Å². The molecule has 0 radical (unpaired) electrons. The average molecular weight is 304 g/mol. The molecule has 9 heteroatoms. The zero-order valence-electron chi connectivity index (χ0n) is 11.7. The number of ether oxygens (including phenoxy) is 1. The standard InChI is InChI=1S/C11H20N4O4S/c1-3-6-20(17,18)7-5-15-9(8-12)10(13-14-15)11(16)19-4-2/h3-8,12H2,1-2H3. The normalized spacial score (nSPS) is 11.6. The van der Waals surface area contributed by atoms with E-state index in [0.717, 1.165) is 0 Å². The molecule has 0 saturated heterocycles. The quantitative estimate of drug-likeness (QED) is 0.657. The first kappa shape index (κ1) is 16.6. The van der Waals surface area contributed by atoms with Crippen LogP contribution in [0.3, 0.4) is 0 Å². The van der Waals surface area contributed by atoms with E-state index in [4.69, 9.17) is 10.5 Å². The highest BCUT2D eigenvalue weighted by molar-refractivity contribution is 7.91. The van der Waals surface area contributed by atoms with E-state index in [9.17, 15) is 13.2 Å². The molecule has 0 aromatic carbocycles. The number of carbonyl (C=O) groups excluding carboxylic acids is 1. The van der Waals surface area contributed by atoms with Crippen LogP contribution in [0.25, 0.3) is 0 Å². The van der Waals surface area contributed by atoms with Crippen molar-refractivity contribution in [3.8, 4) is 0 Å². The van der Waals surface area contributed by atoms with Gasteiger partial charge in [0.05, 0.1) is 24.6 Å². The number of aryl methyl sites for hydroxylation is 1. The Morgan fingerprint density at radius 3 is 2.60 bits per heavy atom. The Kier molecular flexibility index (Phi) is 6.08. The molecule has 0 atom stereocenters. The van der Waals surface area contributed by atoms with Crippen molar-refractivity contribution in [2.24, 2.45) is 5.73 Å². The first-order chi connectivity index (χ1) is 9.45. The molecule has 0 unspecified atom stereocenters. The van der Waals surface area contributed by atoms with Crippen LogP contribution in [0.5, 0.6) is 0 Å². The SMILES string of the molecule is CCCS(=O)(=O)CCn1nnc(C(=O)OCC)c1CN. The van der Waals surface area contributed by atoms with Crippen LogP contribution in [0.4, 0.5) is 0 Å². The largest absolute Gasteiger partial charge is 0.461 e. The van der Waals surface area contributed by atoms with Crippen molar-refractivity contribution in [1.29, 1.82) is 0 Å². The minimum absolute atomic E-state index is 0.0367. The molecule has 2 N–H and O–H groups in total. The summed E-state index contributed by atoms with van der Waals surface area (Å²) >= 11 is 0. The molecule has 0 spiro atoms. The van der Waals surface area contributed by atoms with Gasteiger partial charge in [0, 0.05) is 12.3 Å². The molecule has 1 aromatic heterocycles. The molecule has 0 fully saturated rings. The topological polar surface area (TPSA) is 117 Å². The Bertz CT molecular complexity index is 553. The molecule has 0 bridgehead atoms. The molecule has 1 rings (SSSR count). The Morgan fingerprint density at radius 1 is 1.35 bits per heavy atom. The van der Waals surface area contributed by atoms with Crippen molar-refractivity contribution in [3.63, 3.8) is 0 Å². The third-order valence-electron chi connectivity index (χ3n) is 2.63. The van der Waals surface area contributed by atoms with Gasteiger partial charge in [-0.25, -0.2) is 17.9 Å². The number of aromatic nitrogens is 3.